The Bertz CT molecular complexity index is 1190. The summed E-state index contributed by atoms with van der Waals surface area (Å²) in [7, 11) is 5.80. The first-order chi connectivity index (χ1) is 16.4. The smallest absolute Gasteiger partial charge is 0.337 e. The molecule has 1 aliphatic rings. The molecule has 6 nitrogen and oxygen atoms in total. The number of likely N-dealkylation sites (N-methyl/N-ethyl adjacent to an activating group) is 1. The number of ether oxygens (including phenoxy) is 2. The third kappa shape index (κ3) is 5.51. The Kier molecular flexibility index (Phi) is 7.38. The van der Waals surface area contributed by atoms with Crippen LogP contribution in [0.5, 0.6) is 5.75 Å². The maximum atomic E-state index is 13.1. The lowest BCUT2D eigenvalue weighted by Gasteiger charge is -2.22. The van der Waals surface area contributed by atoms with E-state index >= 15 is 0 Å². The van der Waals surface area contributed by atoms with E-state index in [0.29, 0.717) is 18.5 Å². The lowest BCUT2D eigenvalue weighted by Crippen LogP contribution is -2.20. The highest BCUT2D eigenvalue weighted by Crippen LogP contribution is 2.30. The van der Waals surface area contributed by atoms with Crippen LogP contribution in [0.25, 0.3) is 10.9 Å². The lowest BCUT2D eigenvalue weighted by atomic mass is 10.1. The number of esters is 1. The van der Waals surface area contributed by atoms with Gasteiger partial charge >= 0.3 is 5.97 Å². The van der Waals surface area contributed by atoms with Crippen molar-refractivity contribution in [1.29, 1.82) is 0 Å². The normalized spacial score (nSPS) is 14.4. The van der Waals surface area contributed by atoms with Gasteiger partial charge in [-0.25, -0.2) is 4.79 Å². The molecular weight excluding hydrogens is 426 g/mol. The van der Waals surface area contributed by atoms with E-state index in [1.807, 2.05) is 65.2 Å². The van der Waals surface area contributed by atoms with E-state index in [-0.39, 0.29) is 5.97 Å². The van der Waals surface area contributed by atoms with Crippen LogP contribution in [0.2, 0.25) is 0 Å². The molecule has 1 aromatic heterocycles. The predicted molar refractivity (Wildman–Crippen MR) is 135 cm³/mol. The Labute approximate surface area is 201 Å². The van der Waals surface area contributed by atoms with Crippen LogP contribution >= 0.6 is 0 Å². The summed E-state index contributed by atoms with van der Waals surface area (Å²) in [6.07, 6.45) is 9.02. The van der Waals surface area contributed by atoms with Crippen LogP contribution in [0.15, 0.2) is 78.8 Å². The summed E-state index contributed by atoms with van der Waals surface area (Å²) in [6.45, 7) is 3.56. The van der Waals surface area contributed by atoms with Gasteiger partial charge in [0.25, 0.3) is 0 Å². The molecule has 1 atom stereocenters. The Morgan fingerprint density at radius 3 is 2.68 bits per heavy atom. The summed E-state index contributed by atoms with van der Waals surface area (Å²) >= 11 is 0. The first kappa shape index (κ1) is 23.6. The van der Waals surface area contributed by atoms with Gasteiger partial charge in [0, 0.05) is 49.6 Å². The summed E-state index contributed by atoms with van der Waals surface area (Å²) < 4.78 is 13.4. The fraction of sp³-hybridized carbons (Fsp3) is 0.321. The molecule has 2 heterocycles. The van der Waals surface area contributed by atoms with Crippen molar-refractivity contribution in [2.75, 3.05) is 27.7 Å². The standard InChI is InChI=1S/C28H33N3O3/c1-21(31-20-23(14-16-29(2)3)26-13-12-25(33-4)17-27(26)31)34-28(32)24-11-8-15-30(19-24)18-22-9-6-5-7-10-22/h5-10,12-13,15,17,19-21H,11,14,16,18H2,1-4H3. The van der Waals surface area contributed by atoms with Crippen LogP contribution in [0.4, 0.5) is 0 Å². The summed E-state index contributed by atoms with van der Waals surface area (Å²) in [5, 5.41) is 1.15. The predicted octanol–water partition coefficient (Wildman–Crippen LogP) is 5.12. The summed E-state index contributed by atoms with van der Waals surface area (Å²) in [5.41, 5.74) is 4.05. The van der Waals surface area contributed by atoms with Gasteiger partial charge in [0.05, 0.1) is 18.2 Å². The number of benzene rings is 2. The summed E-state index contributed by atoms with van der Waals surface area (Å²) in [4.78, 5) is 17.3. The molecule has 0 N–H and O–H groups in total. The number of aromatic nitrogens is 1. The van der Waals surface area contributed by atoms with Crippen molar-refractivity contribution in [2.45, 2.75) is 32.5 Å². The summed E-state index contributed by atoms with van der Waals surface area (Å²) in [5.74, 6) is 0.482. The van der Waals surface area contributed by atoms with Crippen LogP contribution < -0.4 is 4.74 Å². The lowest BCUT2D eigenvalue weighted by molar-refractivity contribution is -0.147. The maximum Gasteiger partial charge on any atom is 0.337 e. The van der Waals surface area contributed by atoms with Crippen LogP contribution in [0, 0.1) is 0 Å². The van der Waals surface area contributed by atoms with Gasteiger partial charge in [0.1, 0.15) is 5.75 Å². The SMILES string of the molecule is COc1ccc2c(CCN(C)C)cn(C(C)OC(=O)C3=CN(Cc4ccccc4)C=CC3)c2c1. The fourth-order valence-corrected chi connectivity index (χ4v) is 4.20. The second-order valence-electron chi connectivity index (χ2n) is 8.90. The molecular formula is C28H33N3O3. The topological polar surface area (TPSA) is 46.9 Å². The second-order valence-corrected chi connectivity index (χ2v) is 8.90. The average molecular weight is 460 g/mol. The third-order valence-electron chi connectivity index (χ3n) is 6.05. The van der Waals surface area contributed by atoms with Crippen molar-refractivity contribution >= 4 is 16.9 Å². The molecule has 0 aliphatic carbocycles. The van der Waals surface area contributed by atoms with Crippen molar-refractivity contribution in [1.82, 2.24) is 14.4 Å². The number of carbonyl (C=O) groups is 1. The van der Waals surface area contributed by atoms with E-state index in [2.05, 4.69) is 43.4 Å². The molecule has 178 valence electrons. The Balaban J connectivity index is 1.52. The second kappa shape index (κ2) is 10.6. The molecule has 1 unspecified atom stereocenters. The van der Waals surface area contributed by atoms with Gasteiger partial charge in [-0.05, 0) is 50.7 Å². The number of hydrogen-bond donors (Lipinski definition) is 0. The highest BCUT2D eigenvalue weighted by Gasteiger charge is 2.20. The van der Waals surface area contributed by atoms with Crippen LogP contribution in [-0.2, 0) is 22.5 Å². The minimum Gasteiger partial charge on any atom is -0.497 e. The van der Waals surface area contributed by atoms with Crippen molar-refractivity contribution in [3.05, 3.63) is 89.9 Å². The van der Waals surface area contributed by atoms with Gasteiger partial charge in [-0.3, -0.25) is 0 Å². The molecule has 0 amide bonds. The highest BCUT2D eigenvalue weighted by molar-refractivity contribution is 5.89. The quantitative estimate of drug-likeness (QED) is 0.416. The van der Waals surface area contributed by atoms with Gasteiger partial charge in [0.15, 0.2) is 6.23 Å². The number of allylic oxidation sites excluding steroid dienone is 1. The van der Waals surface area contributed by atoms with E-state index in [4.69, 9.17) is 9.47 Å². The van der Waals surface area contributed by atoms with Crippen LogP contribution in [0.1, 0.15) is 30.7 Å². The molecule has 0 fully saturated rings. The maximum absolute atomic E-state index is 13.1. The Hall–Kier alpha value is -3.51. The molecule has 1 aliphatic heterocycles. The molecule has 3 aromatic rings. The molecule has 0 radical (unpaired) electrons. The number of carbonyl (C=O) groups excluding carboxylic acids is 1. The van der Waals surface area contributed by atoms with Gasteiger partial charge in [0.2, 0.25) is 0 Å². The largest absolute Gasteiger partial charge is 0.497 e. The first-order valence-corrected chi connectivity index (χ1v) is 11.6. The molecule has 6 heteroatoms. The Morgan fingerprint density at radius 2 is 1.94 bits per heavy atom. The zero-order valence-corrected chi connectivity index (χ0v) is 20.4. The molecule has 0 saturated carbocycles. The van der Waals surface area contributed by atoms with Gasteiger partial charge in [-0.1, -0.05) is 36.4 Å². The molecule has 0 spiro atoms. The molecule has 2 aromatic carbocycles. The average Bonchev–Trinajstić information content (AvgIpc) is 3.21. The van der Waals surface area contributed by atoms with Gasteiger partial charge < -0.3 is 23.8 Å². The first-order valence-electron chi connectivity index (χ1n) is 11.6. The third-order valence-corrected chi connectivity index (χ3v) is 6.05. The van der Waals surface area contributed by atoms with E-state index in [0.717, 1.165) is 29.6 Å². The molecule has 0 bridgehead atoms. The van der Waals surface area contributed by atoms with Crippen molar-refractivity contribution < 1.29 is 14.3 Å². The number of nitrogens with zero attached hydrogens (tertiary/aromatic N) is 3. The molecule has 4 rings (SSSR count). The molecule has 34 heavy (non-hydrogen) atoms. The van der Waals surface area contributed by atoms with Gasteiger partial charge in [-0.15, -0.1) is 0 Å². The highest BCUT2D eigenvalue weighted by atomic mass is 16.6. The van der Waals surface area contributed by atoms with Crippen molar-refractivity contribution in [2.24, 2.45) is 0 Å². The van der Waals surface area contributed by atoms with E-state index in [9.17, 15) is 4.79 Å². The Morgan fingerprint density at radius 1 is 1.15 bits per heavy atom. The van der Waals surface area contributed by atoms with Gasteiger partial charge in [-0.2, -0.15) is 0 Å². The van der Waals surface area contributed by atoms with Crippen molar-refractivity contribution in [3.63, 3.8) is 0 Å². The molecule has 0 saturated heterocycles. The summed E-state index contributed by atoms with van der Waals surface area (Å²) in [6, 6.07) is 16.3. The fourth-order valence-electron chi connectivity index (χ4n) is 4.20. The van der Waals surface area contributed by atoms with Crippen LogP contribution in [0.3, 0.4) is 0 Å². The van der Waals surface area contributed by atoms with Crippen molar-refractivity contribution in [3.8, 4) is 5.75 Å². The zero-order valence-electron chi connectivity index (χ0n) is 20.4. The van der Waals surface area contributed by atoms with E-state index in [1.54, 1.807) is 7.11 Å². The van der Waals surface area contributed by atoms with E-state index < -0.39 is 6.23 Å². The monoisotopic (exact) mass is 459 g/mol. The number of fused-ring (bicyclic) bond motifs is 1. The number of methoxy groups -OCH3 is 1. The number of rotatable bonds is 9. The zero-order chi connectivity index (χ0) is 24.1. The van der Waals surface area contributed by atoms with E-state index in [1.165, 1.54) is 11.1 Å². The minimum atomic E-state index is -0.454. The number of hydrogen-bond acceptors (Lipinski definition) is 5. The minimum absolute atomic E-state index is 0.297. The van der Waals surface area contributed by atoms with Crippen LogP contribution in [-0.4, -0.2) is 48.1 Å².